The molecule has 6 heteroatoms. The first-order chi connectivity index (χ1) is 8.86. The molecule has 3 aromatic rings. The van der Waals surface area contributed by atoms with E-state index in [2.05, 4.69) is 22.2 Å². The van der Waals surface area contributed by atoms with Gasteiger partial charge in [0.25, 0.3) is 0 Å². The fraction of sp³-hybridized carbons (Fsp3) is 0.167. The molecule has 2 aromatic heterocycles. The molecule has 0 aliphatic rings. The number of nitrogens with zero attached hydrogens (tertiary/aromatic N) is 3. The SMILES string of the molecule is NCCSc1nn2cc(-c3ccccc3)nc2s1. The Morgan fingerprint density at radius 1 is 1.28 bits per heavy atom. The molecular formula is C12H12N4S2. The minimum atomic E-state index is 0.668. The lowest BCUT2D eigenvalue weighted by molar-refractivity contribution is 0.915. The van der Waals surface area contributed by atoms with Crippen LogP contribution in [0.25, 0.3) is 16.2 Å². The smallest absolute Gasteiger partial charge is 0.213 e. The molecule has 2 N–H and O–H groups in total. The summed E-state index contributed by atoms with van der Waals surface area (Å²) in [4.78, 5) is 5.51. The third kappa shape index (κ3) is 2.27. The molecule has 0 saturated heterocycles. The van der Waals surface area contributed by atoms with Crippen LogP contribution in [0.4, 0.5) is 0 Å². The second-order valence-corrected chi connectivity index (χ2v) is 6.02. The zero-order chi connectivity index (χ0) is 12.4. The number of hydrogen-bond acceptors (Lipinski definition) is 5. The third-order valence-corrected chi connectivity index (χ3v) is 4.53. The van der Waals surface area contributed by atoms with E-state index in [0.29, 0.717) is 6.54 Å². The van der Waals surface area contributed by atoms with Crippen molar-refractivity contribution in [2.75, 3.05) is 12.3 Å². The van der Waals surface area contributed by atoms with E-state index < -0.39 is 0 Å². The average molecular weight is 276 g/mol. The van der Waals surface area contributed by atoms with Crippen LogP contribution in [0.15, 0.2) is 40.9 Å². The Balaban J connectivity index is 1.91. The molecule has 1 aromatic carbocycles. The Kier molecular flexibility index (Phi) is 3.31. The van der Waals surface area contributed by atoms with Gasteiger partial charge in [0, 0.05) is 17.9 Å². The first-order valence-corrected chi connectivity index (χ1v) is 7.41. The van der Waals surface area contributed by atoms with Crippen molar-refractivity contribution in [3.63, 3.8) is 0 Å². The summed E-state index contributed by atoms with van der Waals surface area (Å²) in [5.41, 5.74) is 7.56. The topological polar surface area (TPSA) is 56.2 Å². The highest BCUT2D eigenvalue weighted by Crippen LogP contribution is 2.26. The largest absolute Gasteiger partial charge is 0.330 e. The zero-order valence-electron chi connectivity index (χ0n) is 9.61. The molecule has 0 fully saturated rings. The lowest BCUT2D eigenvalue weighted by atomic mass is 10.2. The molecule has 0 aliphatic heterocycles. The molecule has 3 rings (SSSR count). The molecule has 2 heterocycles. The Morgan fingerprint density at radius 2 is 2.11 bits per heavy atom. The Bertz CT molecular complexity index is 613. The summed E-state index contributed by atoms with van der Waals surface area (Å²) in [5.74, 6) is 0.891. The van der Waals surface area contributed by atoms with Crippen molar-refractivity contribution in [1.82, 2.24) is 14.6 Å². The lowest BCUT2D eigenvalue weighted by Crippen LogP contribution is -2.00. The van der Waals surface area contributed by atoms with E-state index in [4.69, 9.17) is 5.73 Å². The summed E-state index contributed by atoms with van der Waals surface area (Å²) in [6.07, 6.45) is 1.97. The highest BCUT2D eigenvalue weighted by atomic mass is 32.2. The van der Waals surface area contributed by atoms with Gasteiger partial charge in [-0.05, 0) is 0 Å². The van der Waals surface area contributed by atoms with Crippen LogP contribution in [0.2, 0.25) is 0 Å². The van der Waals surface area contributed by atoms with Gasteiger partial charge in [0.1, 0.15) is 0 Å². The third-order valence-electron chi connectivity index (χ3n) is 2.44. The number of nitrogens with two attached hydrogens (primary N) is 1. The molecule has 0 saturated carbocycles. The van der Waals surface area contributed by atoms with E-state index in [-0.39, 0.29) is 0 Å². The van der Waals surface area contributed by atoms with Crippen LogP contribution in [0.1, 0.15) is 0 Å². The molecule has 0 atom stereocenters. The molecule has 0 amide bonds. The maximum atomic E-state index is 5.48. The fourth-order valence-electron chi connectivity index (χ4n) is 1.63. The van der Waals surface area contributed by atoms with E-state index in [1.54, 1.807) is 23.1 Å². The van der Waals surface area contributed by atoms with Gasteiger partial charge in [0.05, 0.1) is 11.9 Å². The standard InChI is InChI=1S/C12H12N4S2/c13-6-7-17-12-15-16-8-10(14-11(16)18-12)9-4-2-1-3-5-9/h1-5,8H,6-7,13H2. The quantitative estimate of drug-likeness (QED) is 0.744. The zero-order valence-corrected chi connectivity index (χ0v) is 11.2. The van der Waals surface area contributed by atoms with Gasteiger partial charge in [0.2, 0.25) is 4.96 Å². The predicted molar refractivity (Wildman–Crippen MR) is 76.1 cm³/mol. The van der Waals surface area contributed by atoms with Crippen molar-refractivity contribution in [2.24, 2.45) is 5.73 Å². The van der Waals surface area contributed by atoms with Gasteiger partial charge < -0.3 is 5.73 Å². The van der Waals surface area contributed by atoms with Gasteiger partial charge in [0.15, 0.2) is 4.34 Å². The van der Waals surface area contributed by atoms with E-state index in [1.165, 1.54) is 0 Å². The van der Waals surface area contributed by atoms with Crippen LogP contribution in [-0.2, 0) is 0 Å². The second kappa shape index (κ2) is 5.09. The molecule has 4 nitrogen and oxygen atoms in total. The normalized spacial score (nSPS) is 11.2. The first kappa shape index (κ1) is 11.7. The number of benzene rings is 1. The number of thioether (sulfide) groups is 1. The van der Waals surface area contributed by atoms with Gasteiger partial charge in [-0.1, -0.05) is 53.4 Å². The van der Waals surface area contributed by atoms with Crippen molar-refractivity contribution in [2.45, 2.75) is 4.34 Å². The van der Waals surface area contributed by atoms with Crippen molar-refractivity contribution in [1.29, 1.82) is 0 Å². The van der Waals surface area contributed by atoms with Crippen LogP contribution in [0.3, 0.4) is 0 Å². The summed E-state index contributed by atoms with van der Waals surface area (Å²) in [5, 5.41) is 4.48. The van der Waals surface area contributed by atoms with E-state index in [0.717, 1.165) is 26.3 Å². The Labute approximate surface area is 113 Å². The molecule has 0 radical (unpaired) electrons. The van der Waals surface area contributed by atoms with Crippen molar-refractivity contribution in [3.8, 4) is 11.3 Å². The number of hydrogen-bond donors (Lipinski definition) is 1. The molecular weight excluding hydrogens is 264 g/mol. The van der Waals surface area contributed by atoms with Crippen LogP contribution in [0, 0.1) is 0 Å². The maximum absolute atomic E-state index is 5.48. The van der Waals surface area contributed by atoms with Crippen molar-refractivity contribution < 1.29 is 0 Å². The van der Waals surface area contributed by atoms with Crippen LogP contribution < -0.4 is 5.73 Å². The molecule has 0 bridgehead atoms. The van der Waals surface area contributed by atoms with E-state index in [1.807, 2.05) is 28.9 Å². The minimum Gasteiger partial charge on any atom is -0.330 e. The summed E-state index contributed by atoms with van der Waals surface area (Å²) in [6.45, 7) is 0.668. The van der Waals surface area contributed by atoms with E-state index >= 15 is 0 Å². The summed E-state index contributed by atoms with van der Waals surface area (Å²) in [6, 6.07) is 10.1. The van der Waals surface area contributed by atoms with Gasteiger partial charge in [-0.3, -0.25) is 0 Å². The maximum Gasteiger partial charge on any atom is 0.213 e. The van der Waals surface area contributed by atoms with Gasteiger partial charge in [-0.15, -0.1) is 5.10 Å². The minimum absolute atomic E-state index is 0.668. The lowest BCUT2D eigenvalue weighted by Gasteiger charge is -1.93. The Hall–Kier alpha value is -1.37. The number of fused-ring (bicyclic) bond motifs is 1. The van der Waals surface area contributed by atoms with Gasteiger partial charge in [-0.2, -0.15) is 0 Å². The van der Waals surface area contributed by atoms with E-state index in [9.17, 15) is 0 Å². The molecule has 92 valence electrons. The van der Waals surface area contributed by atoms with Crippen LogP contribution >= 0.6 is 23.1 Å². The Morgan fingerprint density at radius 3 is 2.83 bits per heavy atom. The first-order valence-electron chi connectivity index (χ1n) is 5.61. The van der Waals surface area contributed by atoms with Crippen LogP contribution in [-0.4, -0.2) is 26.9 Å². The van der Waals surface area contributed by atoms with Crippen molar-refractivity contribution >= 4 is 28.1 Å². The van der Waals surface area contributed by atoms with Gasteiger partial charge in [-0.25, -0.2) is 9.50 Å². The van der Waals surface area contributed by atoms with Crippen molar-refractivity contribution in [3.05, 3.63) is 36.5 Å². The summed E-state index contributed by atoms with van der Waals surface area (Å²) >= 11 is 3.27. The highest BCUT2D eigenvalue weighted by Gasteiger charge is 2.09. The number of rotatable bonds is 4. The fourth-order valence-corrected chi connectivity index (χ4v) is 3.40. The summed E-state index contributed by atoms with van der Waals surface area (Å²) in [7, 11) is 0. The molecule has 0 spiro atoms. The number of aromatic nitrogens is 3. The number of imidazole rings is 1. The predicted octanol–water partition coefficient (Wildman–Crippen LogP) is 2.51. The second-order valence-electron chi connectivity index (χ2n) is 3.72. The molecule has 0 aliphatic carbocycles. The molecule has 0 unspecified atom stereocenters. The van der Waals surface area contributed by atoms with Gasteiger partial charge >= 0.3 is 0 Å². The average Bonchev–Trinajstić information content (AvgIpc) is 2.95. The monoisotopic (exact) mass is 276 g/mol. The molecule has 18 heavy (non-hydrogen) atoms. The highest BCUT2D eigenvalue weighted by molar-refractivity contribution is 8.01. The van der Waals surface area contributed by atoms with Crippen LogP contribution in [0.5, 0.6) is 0 Å². The summed E-state index contributed by atoms with van der Waals surface area (Å²) < 4.78 is 2.86.